The third kappa shape index (κ3) is 4.28. The normalized spacial score (nSPS) is 23.5. The van der Waals surface area contributed by atoms with Crippen molar-refractivity contribution in [2.24, 2.45) is 0 Å². The molecule has 2 N–H and O–H groups in total. The number of pyridine rings is 2. The van der Waals surface area contributed by atoms with Crippen molar-refractivity contribution in [1.82, 2.24) is 19.8 Å². The SMILES string of the molecule is CC[C@@]1(O)C(=O)OCc2c1cc1n(c2=O)Cc2c-1nc1cc(F)c(C)c3c1c2[C@@H](NC(=O)[C@H]1CCCCN1C(=O)C(F)(F)F)CC3. The Bertz CT molecular complexity index is 1940. The molecule has 4 aliphatic rings. The molecule has 242 valence electrons. The molecule has 1 aliphatic carbocycles. The number of aromatic nitrogens is 2. The second-order valence-corrected chi connectivity index (χ2v) is 12.4. The Balaban J connectivity index is 1.37. The first-order valence-electron chi connectivity index (χ1n) is 15.3. The van der Waals surface area contributed by atoms with Crippen LogP contribution in [0.5, 0.6) is 0 Å². The summed E-state index contributed by atoms with van der Waals surface area (Å²) < 4.78 is 62.0. The van der Waals surface area contributed by atoms with Crippen LogP contribution in [0.2, 0.25) is 0 Å². The van der Waals surface area contributed by atoms with Gasteiger partial charge in [-0.25, -0.2) is 14.2 Å². The lowest BCUT2D eigenvalue weighted by Gasteiger charge is -2.37. The maximum absolute atomic E-state index is 15.2. The number of hydrogen-bond acceptors (Lipinski definition) is 7. The molecule has 0 radical (unpaired) electrons. The molecule has 1 fully saturated rings. The number of aliphatic hydroxyl groups is 1. The van der Waals surface area contributed by atoms with Crippen LogP contribution < -0.4 is 10.9 Å². The number of rotatable bonds is 3. The van der Waals surface area contributed by atoms with Crippen LogP contribution in [-0.2, 0) is 44.3 Å². The topological polar surface area (TPSA) is 131 Å². The monoisotopic (exact) mass is 642 g/mol. The smallest absolute Gasteiger partial charge is 0.458 e. The molecule has 0 spiro atoms. The van der Waals surface area contributed by atoms with Gasteiger partial charge in [-0.1, -0.05) is 6.92 Å². The number of likely N-dealkylation sites (tertiary alicyclic amines) is 1. The number of amides is 2. The maximum atomic E-state index is 15.2. The van der Waals surface area contributed by atoms with Crippen molar-refractivity contribution in [3.05, 3.63) is 61.7 Å². The van der Waals surface area contributed by atoms with Gasteiger partial charge in [0.1, 0.15) is 18.5 Å². The van der Waals surface area contributed by atoms with E-state index in [0.29, 0.717) is 63.2 Å². The second-order valence-electron chi connectivity index (χ2n) is 12.4. The number of halogens is 4. The number of fused-ring (bicyclic) bond motifs is 5. The van der Waals surface area contributed by atoms with Crippen LogP contribution in [-0.4, -0.2) is 56.1 Å². The first-order chi connectivity index (χ1) is 21.8. The Kier molecular flexibility index (Phi) is 6.82. The third-order valence-electron chi connectivity index (χ3n) is 10.0. The van der Waals surface area contributed by atoms with Crippen molar-refractivity contribution in [3.63, 3.8) is 0 Å². The van der Waals surface area contributed by atoms with Crippen molar-refractivity contribution >= 4 is 28.7 Å². The van der Waals surface area contributed by atoms with Crippen LogP contribution in [0.3, 0.4) is 0 Å². The first kappa shape index (κ1) is 30.3. The van der Waals surface area contributed by atoms with E-state index in [9.17, 15) is 37.5 Å². The summed E-state index contributed by atoms with van der Waals surface area (Å²) in [5, 5.41) is 14.7. The molecule has 2 aromatic heterocycles. The molecular formula is C32H30F4N4O6. The average Bonchev–Trinajstić information content (AvgIpc) is 3.40. The highest BCUT2D eigenvalue weighted by Crippen LogP contribution is 2.46. The van der Waals surface area contributed by atoms with Crippen LogP contribution in [0.1, 0.15) is 78.5 Å². The predicted octanol–water partition coefficient (Wildman–Crippen LogP) is 3.57. The number of alkyl halides is 3. The molecular weight excluding hydrogens is 612 g/mol. The number of cyclic esters (lactones) is 1. The molecule has 46 heavy (non-hydrogen) atoms. The number of nitrogens with zero attached hydrogens (tertiary/aromatic N) is 3. The molecule has 0 bridgehead atoms. The minimum atomic E-state index is -5.13. The summed E-state index contributed by atoms with van der Waals surface area (Å²) in [6.07, 6.45) is -3.67. The van der Waals surface area contributed by atoms with Gasteiger partial charge in [0.05, 0.1) is 35.1 Å². The van der Waals surface area contributed by atoms with Crippen molar-refractivity contribution in [3.8, 4) is 11.4 Å². The summed E-state index contributed by atoms with van der Waals surface area (Å²) in [6.45, 7) is 2.71. The Morgan fingerprint density at radius 2 is 1.91 bits per heavy atom. The largest absolute Gasteiger partial charge is 0.471 e. The maximum Gasteiger partial charge on any atom is 0.471 e. The molecule has 7 rings (SSSR count). The van der Waals surface area contributed by atoms with E-state index < -0.39 is 53.0 Å². The zero-order valence-corrected chi connectivity index (χ0v) is 25.0. The van der Waals surface area contributed by atoms with Gasteiger partial charge in [-0.3, -0.25) is 14.4 Å². The van der Waals surface area contributed by atoms with E-state index in [1.54, 1.807) is 13.8 Å². The number of esters is 1. The highest BCUT2D eigenvalue weighted by Gasteiger charge is 2.48. The quantitative estimate of drug-likeness (QED) is 0.258. The number of carbonyl (C=O) groups excluding carboxylic acids is 3. The number of carbonyl (C=O) groups is 3. The van der Waals surface area contributed by atoms with Crippen LogP contribution in [0.4, 0.5) is 17.6 Å². The summed E-state index contributed by atoms with van der Waals surface area (Å²) in [5.41, 5.74) is 0.766. The van der Waals surface area contributed by atoms with Gasteiger partial charge >= 0.3 is 18.1 Å². The van der Waals surface area contributed by atoms with Crippen LogP contribution in [0.15, 0.2) is 16.9 Å². The lowest BCUT2D eigenvalue weighted by atomic mass is 9.81. The van der Waals surface area contributed by atoms with Crippen LogP contribution in [0, 0.1) is 12.7 Å². The number of ether oxygens (including phenoxy) is 1. The molecule has 0 unspecified atom stereocenters. The second kappa shape index (κ2) is 10.3. The van der Waals surface area contributed by atoms with Crippen LogP contribution in [0.25, 0.3) is 22.3 Å². The summed E-state index contributed by atoms with van der Waals surface area (Å²) in [7, 11) is 0. The fourth-order valence-corrected chi connectivity index (χ4v) is 7.58. The summed E-state index contributed by atoms with van der Waals surface area (Å²) in [6, 6.07) is 0.737. The standard InChI is InChI=1S/C32H30F4N4O6/c1-3-31(45)18-10-23-26-16(12-40(23)28(42)17(18)13-46-30(31)44)25-20(8-7-15-14(2)19(33)11-21(37-26)24(15)25)38-27(41)22-6-4-5-9-39(22)29(43)32(34,35)36/h10-11,20,22,45H,3-9,12-13H2,1-2H3,(H,38,41)/t20-,22+,31-/m0/s1. The Labute approximate surface area is 259 Å². The molecule has 1 aromatic carbocycles. The van der Waals surface area contributed by atoms with Crippen LogP contribution >= 0.6 is 0 Å². The van der Waals surface area contributed by atoms with Gasteiger partial charge in [0, 0.05) is 29.1 Å². The van der Waals surface area contributed by atoms with E-state index in [2.05, 4.69) is 5.32 Å². The Morgan fingerprint density at radius 3 is 2.63 bits per heavy atom. The van der Waals surface area contributed by atoms with Gasteiger partial charge in [-0.05, 0) is 68.2 Å². The van der Waals surface area contributed by atoms with E-state index in [0.717, 1.165) is 0 Å². The molecule has 2 amide bonds. The zero-order chi connectivity index (χ0) is 32.9. The Morgan fingerprint density at radius 1 is 1.15 bits per heavy atom. The van der Waals surface area contributed by atoms with Gasteiger partial charge in [0.2, 0.25) is 5.91 Å². The number of benzene rings is 1. The number of piperidine rings is 1. The van der Waals surface area contributed by atoms with Gasteiger partial charge < -0.3 is 24.6 Å². The van der Waals surface area contributed by atoms with Crippen molar-refractivity contribution < 1.29 is 41.8 Å². The molecule has 3 aliphatic heterocycles. The molecule has 14 heteroatoms. The molecule has 3 atom stereocenters. The number of aryl methyl sites for hydroxylation is 1. The highest BCUT2D eigenvalue weighted by atomic mass is 19.4. The fraction of sp³-hybridized carbons (Fsp3) is 0.469. The number of hydrogen-bond donors (Lipinski definition) is 2. The van der Waals surface area contributed by atoms with Gasteiger partial charge in [0.25, 0.3) is 5.56 Å². The van der Waals surface area contributed by atoms with Gasteiger partial charge in [0.15, 0.2) is 5.60 Å². The fourth-order valence-electron chi connectivity index (χ4n) is 7.58. The van der Waals surface area contributed by atoms with E-state index in [4.69, 9.17) is 9.72 Å². The summed E-state index contributed by atoms with van der Waals surface area (Å²) in [5.74, 6) is -4.16. The van der Waals surface area contributed by atoms with Crippen molar-refractivity contribution in [2.45, 2.75) is 89.4 Å². The van der Waals surface area contributed by atoms with Crippen molar-refractivity contribution in [1.29, 1.82) is 0 Å². The predicted molar refractivity (Wildman–Crippen MR) is 154 cm³/mol. The number of nitrogens with one attached hydrogen (secondary N) is 1. The summed E-state index contributed by atoms with van der Waals surface area (Å²) in [4.78, 5) is 57.6. The highest BCUT2D eigenvalue weighted by molar-refractivity contribution is 5.95. The van der Waals surface area contributed by atoms with E-state index >= 15 is 4.39 Å². The molecule has 10 nitrogen and oxygen atoms in total. The minimum Gasteiger partial charge on any atom is -0.458 e. The molecule has 5 heterocycles. The molecule has 3 aromatic rings. The molecule has 1 saturated heterocycles. The van der Waals surface area contributed by atoms with Gasteiger partial charge in [-0.15, -0.1) is 0 Å². The third-order valence-corrected chi connectivity index (χ3v) is 10.0. The zero-order valence-electron chi connectivity index (χ0n) is 25.0. The average molecular weight is 643 g/mol. The Hall–Kier alpha value is -4.33. The minimum absolute atomic E-state index is 0.0118. The first-order valence-corrected chi connectivity index (χ1v) is 15.3. The molecule has 0 saturated carbocycles. The lowest BCUT2D eigenvalue weighted by molar-refractivity contribution is -0.189. The van der Waals surface area contributed by atoms with Crippen molar-refractivity contribution in [2.75, 3.05) is 6.54 Å². The lowest BCUT2D eigenvalue weighted by Crippen LogP contribution is -2.55. The van der Waals surface area contributed by atoms with E-state index in [1.165, 1.54) is 16.7 Å². The van der Waals surface area contributed by atoms with E-state index in [1.807, 2.05) is 0 Å². The van der Waals surface area contributed by atoms with E-state index in [-0.39, 0.29) is 55.6 Å². The summed E-state index contributed by atoms with van der Waals surface area (Å²) >= 11 is 0. The van der Waals surface area contributed by atoms with Gasteiger partial charge in [-0.2, -0.15) is 13.2 Å².